The predicted molar refractivity (Wildman–Crippen MR) is 309 cm³/mol. The molecule has 0 spiro atoms. The Balaban J connectivity index is 0.787. The molecule has 8 aliphatic rings. The second-order valence-electron chi connectivity index (χ2n) is 25.9. The Bertz CT molecular complexity index is 2720. The van der Waals surface area contributed by atoms with E-state index in [2.05, 4.69) is 0 Å². The molecule has 27 atom stereocenters. The number of benzene rings is 2. The molecule has 22 nitrogen and oxygen atoms in total. The topological polar surface area (TPSA) is 285 Å². The Kier molecular flexibility index (Phi) is 19.8. The number of hydrogen-bond acceptors (Lipinski definition) is 22. The molecular weight excluding hydrogens is 1130 g/mol. The largest absolute Gasteiger partial charge is 0.458 e. The minimum Gasteiger partial charge on any atom is -0.458 e. The van der Waals surface area contributed by atoms with E-state index in [-0.39, 0.29) is 44.1 Å². The van der Waals surface area contributed by atoms with E-state index in [0.717, 1.165) is 5.56 Å². The first-order valence-electron chi connectivity index (χ1n) is 30.8. The molecule has 2 aromatic carbocycles. The van der Waals surface area contributed by atoms with Crippen LogP contribution >= 0.6 is 0 Å². The molecule has 0 unspecified atom stereocenters. The number of methoxy groups -OCH3 is 4. The Morgan fingerprint density at radius 2 is 1.16 bits per heavy atom. The molecule has 0 aromatic heterocycles. The van der Waals surface area contributed by atoms with Gasteiger partial charge in [0.05, 0.1) is 65.4 Å². The molecule has 4 aliphatic carbocycles. The standard InChI is InChI=1S/C65H92O22/c1-35-52(67)57(77-11)53(68)59(81-35)87-56-38(4)80-51(32-45(56)76-10)86-55-37(3)79-50(31-44(55)75-9)85-54-36(2)78-49(30-43(54)74-8)83-42-24-25-60(6)46-33-47(84-48(66)23-22-40-18-14-12-15-19-40)61(7)63(71,39(5)82-58(69)41-20-16-13-17-21-41)28-29-65(61,73)64(46,72)27-26-62(60,70)34-42/h12-23,26-27,35-39,42-47,49-57,59,67-68,70-73H,24-25,28-34H2,1-11H3/b23-22+/t35-,36-,37-,38-,39+,42+,43+,44+,45+,46-,47-,49+,50+,51+,52-,53-,54-,55-,56-,57+,59+,60-,61-,62+,63-,64+,65-/m1/s1. The fraction of sp³-hybridized carbons (Fsp3) is 0.723. The van der Waals surface area contributed by atoms with Gasteiger partial charge in [0.1, 0.15) is 65.6 Å². The number of fused-ring (bicyclic) bond motifs is 5. The van der Waals surface area contributed by atoms with E-state index in [9.17, 15) is 40.2 Å². The molecule has 0 radical (unpaired) electrons. The molecule has 4 heterocycles. The third-order valence-corrected chi connectivity index (χ3v) is 21.3. The predicted octanol–water partition coefficient (Wildman–Crippen LogP) is 4.83. The highest BCUT2D eigenvalue weighted by atomic mass is 16.8. The molecule has 4 aliphatic heterocycles. The molecule has 4 saturated heterocycles. The number of esters is 2. The van der Waals surface area contributed by atoms with Crippen LogP contribution in [0.5, 0.6) is 0 Å². The van der Waals surface area contributed by atoms with E-state index >= 15 is 0 Å². The fourth-order valence-corrected chi connectivity index (χ4v) is 16.1. The van der Waals surface area contributed by atoms with Crippen LogP contribution in [-0.4, -0.2) is 216 Å². The van der Waals surface area contributed by atoms with E-state index in [0.29, 0.717) is 19.3 Å². The lowest BCUT2D eigenvalue weighted by Crippen LogP contribution is -2.80. The third kappa shape index (κ3) is 11.9. The van der Waals surface area contributed by atoms with Crippen LogP contribution in [0.15, 0.2) is 78.9 Å². The summed E-state index contributed by atoms with van der Waals surface area (Å²) in [5, 5.41) is 74.2. The van der Waals surface area contributed by atoms with Crippen LogP contribution < -0.4 is 0 Å². The van der Waals surface area contributed by atoms with Crippen LogP contribution in [0.1, 0.15) is 122 Å². The minimum atomic E-state index is -2.17. The summed E-state index contributed by atoms with van der Waals surface area (Å²) in [5.74, 6) is -2.36. The number of rotatable bonds is 18. The highest BCUT2D eigenvalue weighted by Gasteiger charge is 2.82. The molecule has 2 aromatic rings. The monoisotopic (exact) mass is 1220 g/mol. The van der Waals surface area contributed by atoms with Gasteiger partial charge < -0.3 is 97.0 Å². The highest BCUT2D eigenvalue weighted by molar-refractivity contribution is 5.89. The summed E-state index contributed by atoms with van der Waals surface area (Å²) < 4.78 is 87.2. The van der Waals surface area contributed by atoms with Crippen LogP contribution in [0.4, 0.5) is 0 Å². The maximum atomic E-state index is 14.0. The Hall–Kier alpha value is -3.86. The van der Waals surface area contributed by atoms with Crippen molar-refractivity contribution >= 4 is 18.0 Å². The number of hydrogen-bond donors (Lipinski definition) is 6. The quantitative estimate of drug-likeness (QED) is 0.0662. The lowest BCUT2D eigenvalue weighted by Gasteiger charge is -2.68. The maximum absolute atomic E-state index is 14.0. The number of ether oxygens (including phenoxy) is 14. The van der Waals surface area contributed by atoms with Gasteiger partial charge in [-0.25, -0.2) is 9.59 Å². The van der Waals surface area contributed by atoms with Gasteiger partial charge >= 0.3 is 11.9 Å². The second kappa shape index (κ2) is 26.0. The summed E-state index contributed by atoms with van der Waals surface area (Å²) in [4.78, 5) is 27.5. The van der Waals surface area contributed by atoms with E-state index < -0.39 is 174 Å². The van der Waals surface area contributed by atoms with Gasteiger partial charge in [-0.3, -0.25) is 0 Å². The zero-order chi connectivity index (χ0) is 62.6. The van der Waals surface area contributed by atoms with Gasteiger partial charge in [-0.2, -0.15) is 0 Å². The molecule has 22 heteroatoms. The van der Waals surface area contributed by atoms with Gasteiger partial charge in [0, 0.05) is 71.5 Å². The Morgan fingerprint density at radius 3 is 1.71 bits per heavy atom. The maximum Gasteiger partial charge on any atom is 0.338 e. The lowest BCUT2D eigenvalue weighted by atomic mass is 9.41. The fourth-order valence-electron chi connectivity index (χ4n) is 16.1. The van der Waals surface area contributed by atoms with Gasteiger partial charge in [-0.05, 0) is 90.5 Å². The third-order valence-electron chi connectivity index (χ3n) is 21.3. The van der Waals surface area contributed by atoms with Crippen molar-refractivity contribution in [3.8, 4) is 0 Å². The van der Waals surface area contributed by atoms with Gasteiger partial charge in [0.25, 0.3) is 0 Å². The average Bonchev–Trinajstić information content (AvgIpc) is 1.62. The van der Waals surface area contributed by atoms with Gasteiger partial charge in [0.15, 0.2) is 25.2 Å². The van der Waals surface area contributed by atoms with Gasteiger partial charge in [-0.15, -0.1) is 0 Å². The summed E-state index contributed by atoms with van der Waals surface area (Å²) in [6.07, 6.45) is -8.01. The zero-order valence-corrected chi connectivity index (χ0v) is 51.8. The lowest BCUT2D eigenvalue weighted by molar-refractivity contribution is -0.356. The highest BCUT2D eigenvalue weighted by Crippen LogP contribution is 2.72. The van der Waals surface area contributed by atoms with E-state index in [1.165, 1.54) is 19.3 Å². The Morgan fingerprint density at radius 1 is 0.621 bits per heavy atom. The van der Waals surface area contributed by atoms with E-state index in [1.54, 1.807) is 84.6 Å². The van der Waals surface area contributed by atoms with E-state index in [1.807, 2.05) is 58.0 Å². The van der Waals surface area contributed by atoms with Crippen molar-refractivity contribution in [3.63, 3.8) is 0 Å². The molecule has 484 valence electrons. The number of aliphatic hydroxyl groups excluding tert-OH is 2. The van der Waals surface area contributed by atoms with Crippen molar-refractivity contribution in [1.82, 2.24) is 0 Å². The van der Waals surface area contributed by atoms with E-state index in [4.69, 9.17) is 66.3 Å². The molecule has 6 N–H and O–H groups in total. The van der Waals surface area contributed by atoms with Crippen molar-refractivity contribution in [2.24, 2.45) is 16.7 Å². The summed E-state index contributed by atoms with van der Waals surface area (Å²) in [7, 11) is 6.17. The van der Waals surface area contributed by atoms with Crippen molar-refractivity contribution in [1.29, 1.82) is 0 Å². The second-order valence-corrected chi connectivity index (χ2v) is 25.9. The van der Waals surface area contributed by atoms with Crippen molar-refractivity contribution in [3.05, 3.63) is 90.0 Å². The van der Waals surface area contributed by atoms with Crippen molar-refractivity contribution < 1.29 is 107 Å². The van der Waals surface area contributed by atoms with Gasteiger partial charge in [0.2, 0.25) is 0 Å². The van der Waals surface area contributed by atoms with Gasteiger partial charge in [-0.1, -0.05) is 74.5 Å². The summed E-state index contributed by atoms with van der Waals surface area (Å²) >= 11 is 0. The van der Waals surface area contributed by atoms with Crippen molar-refractivity contribution in [2.45, 2.75) is 251 Å². The molecule has 87 heavy (non-hydrogen) atoms. The van der Waals surface area contributed by atoms with Crippen LogP contribution in [-0.2, 0) is 71.1 Å². The number of aliphatic hydroxyl groups is 6. The van der Waals surface area contributed by atoms with Crippen LogP contribution in [0.2, 0.25) is 0 Å². The molecule has 3 saturated carbocycles. The summed E-state index contributed by atoms with van der Waals surface area (Å²) in [5.41, 5.74) is -9.83. The molecule has 0 amide bonds. The molecule has 7 fully saturated rings. The van der Waals surface area contributed by atoms with Crippen LogP contribution in [0.3, 0.4) is 0 Å². The average molecular weight is 1230 g/mol. The first kappa shape index (κ1) is 66.1. The van der Waals surface area contributed by atoms with Crippen LogP contribution in [0.25, 0.3) is 6.08 Å². The summed E-state index contributed by atoms with van der Waals surface area (Å²) in [6.45, 7) is 12.3. The number of carbonyl (C=O) groups excluding carboxylic acids is 2. The first-order chi connectivity index (χ1) is 41.3. The minimum absolute atomic E-state index is 0.0771. The molecule has 0 bridgehead atoms. The Labute approximate surface area is 509 Å². The zero-order valence-electron chi connectivity index (χ0n) is 51.8. The SMILES string of the molecule is CO[C@@H]1[C@@H](O)[C@H](O[C@H]2[C@@H](OC)C[C@H](O[C@H]3[C@@H](OC)C[C@H](O[C@H]4[C@@H](OC)C[C@H](O[C@H]5CC[C@]6(C)[C@H]7C[C@@H](OC(=O)/C=C/c8ccccc8)[C@@]8(C)[C@](O)(CC[C@@]8(O)[C@H](C)OC(=O)c8ccccc8)[C@]7(O)C=C[C@]6(O)C5)O[C@@H]4C)O[C@@H]3C)O[C@@H]2C)O[C@H](C)[C@H]1O. The number of carbonyl (C=O) groups is 2. The normalized spacial score (nSPS) is 46.7. The summed E-state index contributed by atoms with van der Waals surface area (Å²) in [6, 6.07) is 17.5. The smallest absolute Gasteiger partial charge is 0.338 e. The first-order valence-corrected chi connectivity index (χ1v) is 30.8. The van der Waals surface area contributed by atoms with Crippen LogP contribution in [0, 0.1) is 16.7 Å². The van der Waals surface area contributed by atoms with Crippen molar-refractivity contribution in [2.75, 3.05) is 28.4 Å². The molecular formula is C65H92O22. The molecule has 10 rings (SSSR count).